The number of benzene rings is 2. The van der Waals surface area contributed by atoms with Crippen molar-refractivity contribution in [1.82, 2.24) is 9.78 Å². The predicted molar refractivity (Wildman–Crippen MR) is 98.4 cm³/mol. The van der Waals surface area contributed by atoms with Crippen LogP contribution in [0.15, 0.2) is 48.7 Å². The Morgan fingerprint density at radius 2 is 1.89 bits per heavy atom. The zero-order chi connectivity index (χ0) is 20.3. The molecule has 3 rings (SSSR count). The van der Waals surface area contributed by atoms with E-state index in [0.29, 0.717) is 16.1 Å². The van der Waals surface area contributed by atoms with E-state index in [2.05, 4.69) is 15.2 Å². The average Bonchev–Trinajstić information content (AvgIpc) is 3.09. The van der Waals surface area contributed by atoms with Gasteiger partial charge in [0, 0.05) is 17.3 Å². The van der Waals surface area contributed by atoms with Gasteiger partial charge in [-0.3, -0.25) is 9.48 Å². The highest BCUT2D eigenvalue weighted by atomic mass is 35.5. The molecule has 6 nitrogen and oxygen atoms in total. The summed E-state index contributed by atoms with van der Waals surface area (Å²) >= 11 is 6.15. The van der Waals surface area contributed by atoms with Crippen LogP contribution in [0.25, 0.3) is 0 Å². The number of amides is 1. The summed E-state index contributed by atoms with van der Waals surface area (Å²) in [6.45, 7) is 0.202. The van der Waals surface area contributed by atoms with Gasteiger partial charge in [0.05, 0.1) is 19.2 Å². The summed E-state index contributed by atoms with van der Waals surface area (Å²) in [5, 5.41) is 6.89. The topological polar surface area (TPSA) is 73.2 Å². The fraction of sp³-hybridized carbons (Fsp3) is 0.105. The molecule has 1 amide bonds. The van der Waals surface area contributed by atoms with Crippen molar-refractivity contribution >= 4 is 29.3 Å². The average molecular weight is 406 g/mol. The lowest BCUT2D eigenvalue weighted by atomic mass is 10.1. The summed E-state index contributed by atoms with van der Waals surface area (Å²) in [5.41, 5.74) is 0.245. The van der Waals surface area contributed by atoms with Gasteiger partial charge in [-0.25, -0.2) is 13.6 Å². The second kappa shape index (κ2) is 8.18. The van der Waals surface area contributed by atoms with E-state index >= 15 is 0 Å². The first kappa shape index (κ1) is 19.5. The van der Waals surface area contributed by atoms with Crippen molar-refractivity contribution in [3.63, 3.8) is 0 Å². The number of methoxy groups -OCH3 is 1. The zero-order valence-electron chi connectivity index (χ0n) is 14.6. The Morgan fingerprint density at radius 1 is 1.18 bits per heavy atom. The maximum Gasteiger partial charge on any atom is 0.337 e. The summed E-state index contributed by atoms with van der Waals surface area (Å²) < 4.78 is 33.5. The second-order valence-corrected chi connectivity index (χ2v) is 6.15. The Bertz CT molecular complexity index is 1030. The van der Waals surface area contributed by atoms with E-state index in [4.69, 9.17) is 11.6 Å². The number of nitrogens with zero attached hydrogens (tertiary/aromatic N) is 2. The van der Waals surface area contributed by atoms with Crippen molar-refractivity contribution in [2.45, 2.75) is 6.54 Å². The minimum Gasteiger partial charge on any atom is -0.465 e. The SMILES string of the molecule is COC(=O)c1ccc(Cl)c(Cn2ccc(NC(=O)c3c(F)cccc3F)n2)c1. The van der Waals surface area contributed by atoms with E-state index in [-0.39, 0.29) is 12.4 Å². The second-order valence-electron chi connectivity index (χ2n) is 5.75. The molecule has 0 bridgehead atoms. The number of carbonyl (C=O) groups excluding carboxylic acids is 2. The maximum absolute atomic E-state index is 13.7. The van der Waals surface area contributed by atoms with Gasteiger partial charge >= 0.3 is 5.97 Å². The number of rotatable bonds is 5. The van der Waals surface area contributed by atoms with E-state index in [0.717, 1.165) is 12.1 Å². The van der Waals surface area contributed by atoms with Gasteiger partial charge in [0.25, 0.3) is 5.91 Å². The first-order valence-electron chi connectivity index (χ1n) is 8.04. The Balaban J connectivity index is 1.76. The molecule has 3 aromatic rings. The largest absolute Gasteiger partial charge is 0.465 e. The smallest absolute Gasteiger partial charge is 0.337 e. The molecule has 0 aliphatic carbocycles. The van der Waals surface area contributed by atoms with Crippen LogP contribution in [0.2, 0.25) is 5.02 Å². The highest BCUT2D eigenvalue weighted by molar-refractivity contribution is 6.31. The van der Waals surface area contributed by atoms with Gasteiger partial charge in [-0.1, -0.05) is 17.7 Å². The molecule has 0 saturated heterocycles. The summed E-state index contributed by atoms with van der Waals surface area (Å²) in [7, 11) is 1.28. The molecule has 144 valence electrons. The lowest BCUT2D eigenvalue weighted by molar-refractivity contribution is 0.0600. The van der Waals surface area contributed by atoms with Crippen molar-refractivity contribution in [2.75, 3.05) is 12.4 Å². The van der Waals surface area contributed by atoms with Crippen molar-refractivity contribution in [1.29, 1.82) is 0 Å². The maximum atomic E-state index is 13.7. The molecule has 1 aromatic heterocycles. The highest BCUT2D eigenvalue weighted by Crippen LogP contribution is 2.20. The number of ether oxygens (including phenoxy) is 1. The molecule has 28 heavy (non-hydrogen) atoms. The standard InChI is InChI=1S/C19H14ClF2N3O3/c1-28-19(27)11-5-6-13(20)12(9-11)10-25-8-7-16(24-25)23-18(26)17-14(21)3-2-4-15(17)22/h2-9H,10H2,1H3,(H,23,24,26). The molecule has 0 fully saturated rings. The van der Waals surface area contributed by atoms with Crippen molar-refractivity contribution in [3.05, 3.63) is 82.0 Å². The Labute approximate surface area is 163 Å². The summed E-state index contributed by atoms with van der Waals surface area (Å²) in [4.78, 5) is 23.8. The van der Waals surface area contributed by atoms with Gasteiger partial charge < -0.3 is 10.1 Å². The number of esters is 1. The van der Waals surface area contributed by atoms with Crippen LogP contribution in [-0.2, 0) is 11.3 Å². The van der Waals surface area contributed by atoms with Crippen LogP contribution >= 0.6 is 11.6 Å². The Kier molecular flexibility index (Phi) is 5.70. The minimum atomic E-state index is -0.969. The van der Waals surface area contributed by atoms with Crippen LogP contribution in [0.5, 0.6) is 0 Å². The number of nitrogens with one attached hydrogen (secondary N) is 1. The summed E-state index contributed by atoms with van der Waals surface area (Å²) in [6, 6.07) is 9.30. The number of carbonyl (C=O) groups is 2. The lowest BCUT2D eigenvalue weighted by Crippen LogP contribution is -2.16. The fourth-order valence-electron chi connectivity index (χ4n) is 2.53. The molecule has 1 N–H and O–H groups in total. The molecule has 0 aliphatic heterocycles. The van der Waals surface area contributed by atoms with Crippen molar-refractivity contribution in [3.8, 4) is 0 Å². The van der Waals surface area contributed by atoms with E-state index in [1.165, 1.54) is 30.0 Å². The normalized spacial score (nSPS) is 10.6. The van der Waals surface area contributed by atoms with Gasteiger partial charge in [-0.15, -0.1) is 0 Å². The van der Waals surface area contributed by atoms with Crippen LogP contribution in [0.1, 0.15) is 26.3 Å². The molecule has 2 aromatic carbocycles. The van der Waals surface area contributed by atoms with E-state index in [9.17, 15) is 18.4 Å². The van der Waals surface area contributed by atoms with E-state index in [1.807, 2.05) is 0 Å². The molecule has 1 heterocycles. The summed E-state index contributed by atoms with van der Waals surface area (Å²) in [5.74, 6) is -3.29. The molecule has 0 spiro atoms. The minimum absolute atomic E-state index is 0.105. The van der Waals surface area contributed by atoms with Crippen LogP contribution in [0.4, 0.5) is 14.6 Å². The molecule has 0 aliphatic rings. The third kappa shape index (κ3) is 4.17. The molecule has 0 saturated carbocycles. The van der Waals surface area contributed by atoms with Gasteiger partial charge in [-0.2, -0.15) is 5.10 Å². The highest BCUT2D eigenvalue weighted by Gasteiger charge is 2.18. The molecule has 0 atom stereocenters. The molecule has 0 radical (unpaired) electrons. The van der Waals surface area contributed by atoms with Crippen LogP contribution in [0, 0.1) is 11.6 Å². The van der Waals surface area contributed by atoms with Crippen LogP contribution in [0.3, 0.4) is 0 Å². The number of aromatic nitrogens is 2. The van der Waals surface area contributed by atoms with Crippen LogP contribution in [-0.4, -0.2) is 28.8 Å². The first-order chi connectivity index (χ1) is 13.4. The van der Waals surface area contributed by atoms with Gasteiger partial charge in [-0.05, 0) is 35.9 Å². The monoisotopic (exact) mass is 405 g/mol. The third-order valence-corrected chi connectivity index (χ3v) is 4.24. The molecular weight excluding hydrogens is 392 g/mol. The first-order valence-corrected chi connectivity index (χ1v) is 8.42. The van der Waals surface area contributed by atoms with E-state index < -0.39 is 29.1 Å². The number of hydrogen-bond donors (Lipinski definition) is 1. The zero-order valence-corrected chi connectivity index (χ0v) is 15.3. The molecule has 9 heteroatoms. The van der Waals surface area contributed by atoms with Crippen molar-refractivity contribution < 1.29 is 23.1 Å². The number of anilines is 1. The van der Waals surface area contributed by atoms with Crippen molar-refractivity contribution in [2.24, 2.45) is 0 Å². The quantitative estimate of drug-likeness (QED) is 0.653. The predicted octanol–water partition coefficient (Wildman–Crippen LogP) is 3.90. The van der Waals surface area contributed by atoms with Gasteiger partial charge in [0.15, 0.2) is 5.82 Å². The summed E-state index contributed by atoms with van der Waals surface area (Å²) in [6.07, 6.45) is 1.55. The Morgan fingerprint density at radius 3 is 2.57 bits per heavy atom. The molecule has 0 unspecified atom stereocenters. The Hall–Kier alpha value is -3.26. The van der Waals surface area contributed by atoms with Gasteiger partial charge in [0.2, 0.25) is 0 Å². The number of halogens is 3. The molecular formula is C19H14ClF2N3O3. The van der Waals surface area contributed by atoms with Gasteiger partial charge in [0.1, 0.15) is 17.2 Å². The third-order valence-electron chi connectivity index (χ3n) is 3.87. The van der Waals surface area contributed by atoms with E-state index in [1.54, 1.807) is 18.3 Å². The fourth-order valence-corrected chi connectivity index (χ4v) is 2.70. The lowest BCUT2D eigenvalue weighted by Gasteiger charge is -2.07. The van der Waals surface area contributed by atoms with Crippen LogP contribution < -0.4 is 5.32 Å². The number of hydrogen-bond acceptors (Lipinski definition) is 4.